The number of ether oxygens (including phenoxy) is 1. The summed E-state index contributed by atoms with van der Waals surface area (Å²) in [6.07, 6.45) is 4.02. The Kier molecular flexibility index (Phi) is 4.88. The minimum absolute atomic E-state index is 0.115. The molecule has 0 aromatic carbocycles. The molecular weight excluding hydrogens is 350 g/mol. The van der Waals surface area contributed by atoms with Gasteiger partial charge in [-0.05, 0) is 12.0 Å². The monoisotopic (exact) mass is 373 g/mol. The molecule has 1 atom stereocenters. The van der Waals surface area contributed by atoms with Crippen molar-refractivity contribution in [2.75, 3.05) is 13.2 Å². The van der Waals surface area contributed by atoms with Gasteiger partial charge in [-0.1, -0.05) is 20.4 Å². The minimum Gasteiger partial charge on any atom is -0.465 e. The standard InChI is InChI=1S/C18H23N5O4/c1-10(2)16(26)22-17-20-11(3)14-15(21-17)23(9-19-14)6-13-5-18(13,7-24)8-27-12(4)25/h6,9-10,24H,3,5,7-8H2,1-2,4H3,(H2,20,21,22,26)/b13-6-. The molecule has 0 spiro atoms. The van der Waals surface area contributed by atoms with E-state index in [-0.39, 0.29) is 37.0 Å². The maximum atomic E-state index is 11.9. The highest BCUT2D eigenvalue weighted by atomic mass is 16.5. The van der Waals surface area contributed by atoms with Gasteiger partial charge in [-0.15, -0.1) is 0 Å². The van der Waals surface area contributed by atoms with E-state index in [9.17, 15) is 14.7 Å². The van der Waals surface area contributed by atoms with E-state index < -0.39 is 5.41 Å². The molecule has 1 aromatic rings. The zero-order chi connectivity index (χ0) is 19.8. The van der Waals surface area contributed by atoms with Crippen molar-refractivity contribution >= 4 is 35.6 Å². The molecule has 1 aliphatic carbocycles. The van der Waals surface area contributed by atoms with Crippen molar-refractivity contribution in [2.24, 2.45) is 16.3 Å². The number of aliphatic imine (C=N–C) groups is 1. The summed E-state index contributed by atoms with van der Waals surface area (Å²) in [5.41, 5.74) is 1.48. The molecule has 2 heterocycles. The van der Waals surface area contributed by atoms with Crippen molar-refractivity contribution < 1.29 is 19.4 Å². The van der Waals surface area contributed by atoms with Crippen LogP contribution in [0.15, 0.2) is 23.5 Å². The number of hydrogen-bond acceptors (Lipinski definition) is 7. The van der Waals surface area contributed by atoms with Crippen LogP contribution in [0.3, 0.4) is 0 Å². The van der Waals surface area contributed by atoms with Crippen LogP contribution in [0.4, 0.5) is 5.82 Å². The van der Waals surface area contributed by atoms with Crippen LogP contribution in [0.2, 0.25) is 0 Å². The van der Waals surface area contributed by atoms with Crippen molar-refractivity contribution in [3.8, 4) is 0 Å². The van der Waals surface area contributed by atoms with Gasteiger partial charge in [-0.3, -0.25) is 19.5 Å². The zero-order valence-corrected chi connectivity index (χ0v) is 15.6. The second-order valence-electron chi connectivity index (χ2n) is 7.08. The number of imidazole rings is 1. The lowest BCUT2D eigenvalue weighted by Crippen LogP contribution is -2.42. The number of rotatable bonds is 5. The smallest absolute Gasteiger partial charge is 0.302 e. The van der Waals surface area contributed by atoms with E-state index in [1.807, 2.05) is 6.20 Å². The number of amides is 1. The average Bonchev–Trinajstić information content (AvgIpc) is 3.15. The predicted molar refractivity (Wildman–Crippen MR) is 99.5 cm³/mol. The molecule has 0 radical (unpaired) electrons. The number of carbonyl (C=O) groups excluding carboxylic acids is 2. The first-order valence-corrected chi connectivity index (χ1v) is 8.64. The van der Waals surface area contributed by atoms with Gasteiger partial charge >= 0.3 is 5.97 Å². The molecular formula is C18H23N5O4. The van der Waals surface area contributed by atoms with E-state index >= 15 is 0 Å². The Bertz CT molecular complexity index is 867. The van der Waals surface area contributed by atoms with Crippen molar-refractivity contribution in [3.05, 3.63) is 24.2 Å². The summed E-state index contributed by atoms with van der Waals surface area (Å²) in [5.74, 6) is 0.0810. The lowest BCUT2D eigenvalue weighted by atomic mass is 10.1. The Hall–Kier alpha value is -2.94. The lowest BCUT2D eigenvalue weighted by Gasteiger charge is -2.18. The summed E-state index contributed by atoms with van der Waals surface area (Å²) in [5, 5.41) is 15.3. The SMILES string of the molecule is C=C1NC(NC(=O)C(C)C)=Nc2c1ncn2/C=C1/CC1(CO)COC(C)=O. The summed E-state index contributed by atoms with van der Waals surface area (Å²) in [6, 6.07) is 0. The number of fused-ring (bicyclic) bond motifs is 1. The van der Waals surface area contributed by atoms with Gasteiger partial charge in [0.15, 0.2) is 5.82 Å². The van der Waals surface area contributed by atoms with Gasteiger partial charge < -0.3 is 15.2 Å². The summed E-state index contributed by atoms with van der Waals surface area (Å²) in [7, 11) is 0. The zero-order valence-electron chi connectivity index (χ0n) is 15.6. The number of nitrogens with zero attached hydrogens (tertiary/aromatic N) is 3. The van der Waals surface area contributed by atoms with Crippen molar-refractivity contribution in [2.45, 2.75) is 27.2 Å². The summed E-state index contributed by atoms with van der Waals surface area (Å²) in [4.78, 5) is 31.7. The molecule has 2 aliphatic rings. The Labute approximate surface area is 156 Å². The molecule has 0 bridgehead atoms. The van der Waals surface area contributed by atoms with Crippen molar-refractivity contribution in [1.29, 1.82) is 0 Å². The van der Waals surface area contributed by atoms with Gasteiger partial charge in [0.2, 0.25) is 11.9 Å². The van der Waals surface area contributed by atoms with Crippen LogP contribution < -0.4 is 10.6 Å². The number of aliphatic hydroxyl groups excluding tert-OH is 1. The van der Waals surface area contributed by atoms with Crippen LogP contribution in [-0.2, 0) is 14.3 Å². The van der Waals surface area contributed by atoms with Gasteiger partial charge in [0.25, 0.3) is 0 Å². The molecule has 1 aromatic heterocycles. The van der Waals surface area contributed by atoms with Crippen LogP contribution in [0, 0.1) is 11.3 Å². The molecule has 9 nitrogen and oxygen atoms in total. The highest BCUT2D eigenvalue weighted by Gasteiger charge is 2.49. The number of hydrogen-bond donors (Lipinski definition) is 3. The second-order valence-corrected chi connectivity index (χ2v) is 7.08. The molecule has 27 heavy (non-hydrogen) atoms. The molecule has 9 heteroatoms. The van der Waals surface area contributed by atoms with Crippen LogP contribution in [-0.4, -0.2) is 45.7 Å². The fraction of sp³-hybridized carbons (Fsp3) is 0.444. The number of aromatic nitrogens is 2. The summed E-state index contributed by atoms with van der Waals surface area (Å²) in [6.45, 7) is 8.86. The predicted octanol–water partition coefficient (Wildman–Crippen LogP) is 1.00. The molecule has 0 saturated heterocycles. The molecule has 3 rings (SSSR count). The van der Waals surface area contributed by atoms with Gasteiger partial charge in [0.1, 0.15) is 18.6 Å². The third-order valence-electron chi connectivity index (χ3n) is 4.54. The van der Waals surface area contributed by atoms with Gasteiger partial charge in [-0.2, -0.15) is 4.99 Å². The highest BCUT2D eigenvalue weighted by Crippen LogP contribution is 2.52. The molecule has 1 amide bonds. The Morgan fingerprint density at radius 2 is 2.30 bits per heavy atom. The number of guanidine groups is 1. The number of esters is 1. The topological polar surface area (TPSA) is 118 Å². The third-order valence-corrected chi connectivity index (χ3v) is 4.54. The van der Waals surface area contributed by atoms with Crippen LogP contribution in [0.5, 0.6) is 0 Å². The third kappa shape index (κ3) is 3.77. The van der Waals surface area contributed by atoms with E-state index in [0.717, 1.165) is 5.57 Å². The largest absolute Gasteiger partial charge is 0.465 e. The minimum atomic E-state index is -0.550. The van der Waals surface area contributed by atoms with Gasteiger partial charge in [-0.25, -0.2) is 4.98 Å². The van der Waals surface area contributed by atoms with Crippen molar-refractivity contribution in [3.63, 3.8) is 0 Å². The van der Waals surface area contributed by atoms with E-state index in [0.29, 0.717) is 23.6 Å². The quantitative estimate of drug-likeness (QED) is 0.663. The first kappa shape index (κ1) is 18.8. The van der Waals surface area contributed by atoms with Gasteiger partial charge in [0.05, 0.1) is 17.7 Å². The molecule has 3 N–H and O–H groups in total. The van der Waals surface area contributed by atoms with E-state index in [1.165, 1.54) is 6.92 Å². The highest BCUT2D eigenvalue weighted by molar-refractivity contribution is 6.04. The van der Waals surface area contributed by atoms with Gasteiger partial charge in [0, 0.05) is 19.0 Å². The fourth-order valence-electron chi connectivity index (χ4n) is 2.69. The Balaban J connectivity index is 1.85. The molecule has 1 aliphatic heterocycles. The van der Waals surface area contributed by atoms with Crippen LogP contribution in [0.25, 0.3) is 11.9 Å². The van der Waals surface area contributed by atoms with E-state index in [4.69, 9.17) is 4.74 Å². The second kappa shape index (κ2) is 6.99. The normalized spacial score (nSPS) is 22.2. The maximum Gasteiger partial charge on any atom is 0.302 e. The Morgan fingerprint density at radius 1 is 1.56 bits per heavy atom. The molecule has 1 unspecified atom stereocenters. The summed E-state index contributed by atoms with van der Waals surface area (Å²) >= 11 is 0. The number of carbonyl (C=O) groups is 2. The summed E-state index contributed by atoms with van der Waals surface area (Å²) < 4.78 is 6.77. The molecule has 1 saturated carbocycles. The Morgan fingerprint density at radius 3 is 2.93 bits per heavy atom. The van der Waals surface area contributed by atoms with Crippen molar-refractivity contribution in [1.82, 2.24) is 20.2 Å². The van der Waals surface area contributed by atoms with Crippen LogP contribution >= 0.6 is 0 Å². The first-order valence-electron chi connectivity index (χ1n) is 8.64. The number of nitrogens with one attached hydrogen (secondary N) is 2. The molecule has 1 fully saturated rings. The maximum absolute atomic E-state index is 11.9. The van der Waals surface area contributed by atoms with E-state index in [2.05, 4.69) is 27.2 Å². The molecule has 144 valence electrons. The van der Waals surface area contributed by atoms with E-state index in [1.54, 1.807) is 24.7 Å². The first-order chi connectivity index (χ1) is 12.8. The number of aliphatic hydroxyl groups is 1. The lowest BCUT2D eigenvalue weighted by molar-refractivity contribution is -0.143. The fourth-order valence-corrected chi connectivity index (χ4v) is 2.69. The average molecular weight is 373 g/mol. The van der Waals surface area contributed by atoms with Crippen LogP contribution in [0.1, 0.15) is 32.9 Å².